The molecule has 2 unspecified atom stereocenters. The van der Waals surface area contributed by atoms with Crippen LogP contribution >= 0.6 is 12.2 Å². The molecule has 1 heterocycles. The number of nitrogens with zero attached hydrogens (tertiary/aromatic N) is 1. The lowest BCUT2D eigenvalue weighted by atomic mass is 9.86. The zero-order valence-corrected chi connectivity index (χ0v) is 19.1. The lowest BCUT2D eigenvalue weighted by Gasteiger charge is -2.30. The van der Waals surface area contributed by atoms with Crippen LogP contribution in [0, 0.1) is 5.92 Å². The van der Waals surface area contributed by atoms with Crippen molar-refractivity contribution in [3.63, 3.8) is 0 Å². The number of carbonyl (C=O) groups excluding carboxylic acids is 1. The lowest BCUT2D eigenvalue weighted by Crippen LogP contribution is -2.51. The second-order valence-corrected chi connectivity index (χ2v) is 10.2. The van der Waals surface area contributed by atoms with Crippen LogP contribution in [0.3, 0.4) is 0 Å². The van der Waals surface area contributed by atoms with Crippen LogP contribution in [-0.2, 0) is 10.0 Å². The van der Waals surface area contributed by atoms with Crippen molar-refractivity contribution in [2.45, 2.75) is 56.4 Å². The number of methoxy groups -OCH3 is 1. The van der Waals surface area contributed by atoms with Crippen molar-refractivity contribution in [3.05, 3.63) is 23.8 Å². The molecule has 2 atom stereocenters. The van der Waals surface area contributed by atoms with E-state index in [1.54, 1.807) is 0 Å². The topological polar surface area (TPSA) is 99.8 Å². The third-order valence-corrected chi connectivity index (χ3v) is 7.97. The minimum absolute atomic E-state index is 0.00344. The molecule has 8 nitrogen and oxygen atoms in total. The lowest BCUT2D eigenvalue weighted by molar-refractivity contribution is 0.0943. The number of hydrogen-bond donors (Lipinski definition) is 3. The predicted octanol–water partition coefficient (Wildman–Crippen LogP) is 2.17. The smallest absolute Gasteiger partial charge is 0.269 e. The summed E-state index contributed by atoms with van der Waals surface area (Å²) in [6, 6.07) is 4.66. The van der Waals surface area contributed by atoms with Crippen molar-refractivity contribution >= 4 is 33.3 Å². The van der Waals surface area contributed by atoms with Crippen molar-refractivity contribution in [1.29, 1.82) is 0 Å². The average Bonchev–Trinajstić information content (AvgIpc) is 3.29. The molecule has 0 bridgehead atoms. The van der Waals surface area contributed by atoms with E-state index in [1.165, 1.54) is 36.0 Å². The average molecular weight is 455 g/mol. The number of sulfonamides is 1. The second-order valence-electron chi connectivity index (χ2n) is 7.90. The summed E-state index contributed by atoms with van der Waals surface area (Å²) in [4.78, 5) is 12.6. The maximum Gasteiger partial charge on any atom is 0.269 e. The fourth-order valence-corrected chi connectivity index (χ4v) is 5.91. The maximum atomic E-state index is 13.0. The molecule has 30 heavy (non-hydrogen) atoms. The van der Waals surface area contributed by atoms with Gasteiger partial charge in [0.15, 0.2) is 5.11 Å². The number of rotatable bonds is 5. The monoisotopic (exact) mass is 454 g/mol. The quantitative estimate of drug-likeness (QED) is 0.463. The number of hydrogen-bond acceptors (Lipinski definition) is 5. The van der Waals surface area contributed by atoms with E-state index in [1.807, 2.05) is 0 Å². The Hall–Kier alpha value is -1.91. The summed E-state index contributed by atoms with van der Waals surface area (Å²) < 4.78 is 32.6. The molecule has 1 aliphatic heterocycles. The summed E-state index contributed by atoms with van der Waals surface area (Å²) in [5, 5.41) is 3.60. The molecule has 10 heteroatoms. The van der Waals surface area contributed by atoms with Crippen LogP contribution in [0.1, 0.15) is 55.8 Å². The number of ether oxygens (including phenoxy) is 1. The first-order valence-corrected chi connectivity index (χ1v) is 12.2. The fourth-order valence-electron chi connectivity index (χ4n) is 4.01. The van der Waals surface area contributed by atoms with Gasteiger partial charge in [0.05, 0.1) is 7.11 Å². The third-order valence-electron chi connectivity index (χ3n) is 5.83. The zero-order valence-electron chi connectivity index (χ0n) is 17.4. The highest BCUT2D eigenvalue weighted by molar-refractivity contribution is 7.89. The van der Waals surface area contributed by atoms with Gasteiger partial charge in [0.1, 0.15) is 10.6 Å². The Labute approximate surface area is 183 Å². The van der Waals surface area contributed by atoms with Gasteiger partial charge >= 0.3 is 0 Å². The Morgan fingerprint density at radius 3 is 2.50 bits per heavy atom. The van der Waals surface area contributed by atoms with Gasteiger partial charge in [-0.05, 0) is 62.0 Å². The van der Waals surface area contributed by atoms with Gasteiger partial charge in [-0.25, -0.2) is 8.42 Å². The van der Waals surface area contributed by atoms with E-state index in [4.69, 9.17) is 17.0 Å². The molecule has 0 aromatic heterocycles. The van der Waals surface area contributed by atoms with Gasteiger partial charge in [0.2, 0.25) is 10.0 Å². The van der Waals surface area contributed by atoms with Crippen molar-refractivity contribution in [3.8, 4) is 5.75 Å². The summed E-state index contributed by atoms with van der Waals surface area (Å²) in [7, 11) is -2.31. The van der Waals surface area contributed by atoms with E-state index in [2.05, 4.69) is 23.1 Å². The van der Waals surface area contributed by atoms with Crippen LogP contribution in [0.25, 0.3) is 0 Å². The van der Waals surface area contributed by atoms with E-state index in [0.29, 0.717) is 24.1 Å². The predicted molar refractivity (Wildman–Crippen MR) is 119 cm³/mol. The number of nitrogens with one attached hydrogen (secondary N) is 3. The molecule has 1 aromatic rings. The highest BCUT2D eigenvalue weighted by Crippen LogP contribution is 2.30. The van der Waals surface area contributed by atoms with Crippen molar-refractivity contribution in [1.82, 2.24) is 20.5 Å². The molecular formula is C20H30N4O4S2. The number of amides is 1. The van der Waals surface area contributed by atoms with Gasteiger partial charge in [-0.2, -0.15) is 4.31 Å². The van der Waals surface area contributed by atoms with Crippen molar-refractivity contribution in [2.75, 3.05) is 20.2 Å². The Balaban J connectivity index is 1.66. The normalized spacial score (nSPS) is 22.3. The van der Waals surface area contributed by atoms with E-state index in [-0.39, 0.29) is 22.3 Å². The first-order valence-electron chi connectivity index (χ1n) is 10.4. The number of benzene rings is 1. The molecule has 2 aliphatic rings. The van der Waals surface area contributed by atoms with Crippen LogP contribution < -0.4 is 20.9 Å². The van der Waals surface area contributed by atoms with E-state index >= 15 is 0 Å². The van der Waals surface area contributed by atoms with Crippen molar-refractivity contribution < 1.29 is 17.9 Å². The first-order chi connectivity index (χ1) is 14.3. The van der Waals surface area contributed by atoms with Gasteiger partial charge in [0, 0.05) is 24.7 Å². The van der Waals surface area contributed by atoms with Gasteiger partial charge in [-0.1, -0.05) is 19.8 Å². The third kappa shape index (κ3) is 5.22. The summed E-state index contributed by atoms with van der Waals surface area (Å²) in [6.07, 6.45) is 6.26. The van der Waals surface area contributed by atoms with E-state index in [0.717, 1.165) is 32.1 Å². The summed E-state index contributed by atoms with van der Waals surface area (Å²) >= 11 is 5.29. The highest BCUT2D eigenvalue weighted by atomic mass is 32.2. The van der Waals surface area contributed by atoms with Crippen LogP contribution in [0.2, 0.25) is 0 Å². The van der Waals surface area contributed by atoms with Gasteiger partial charge in [-0.15, -0.1) is 0 Å². The van der Waals surface area contributed by atoms with Gasteiger partial charge < -0.3 is 10.1 Å². The molecular weight excluding hydrogens is 424 g/mol. The Bertz CT molecular complexity index is 885. The Morgan fingerprint density at radius 1 is 1.13 bits per heavy atom. The summed E-state index contributed by atoms with van der Waals surface area (Å²) in [5.74, 6) is 0.264. The van der Waals surface area contributed by atoms with E-state index < -0.39 is 15.9 Å². The Kier molecular flexibility index (Phi) is 7.54. The Morgan fingerprint density at radius 2 is 1.83 bits per heavy atom. The molecule has 3 rings (SSSR count). The fraction of sp³-hybridized carbons (Fsp3) is 0.600. The van der Waals surface area contributed by atoms with Crippen LogP contribution in [0.5, 0.6) is 5.75 Å². The number of hydrazine groups is 1. The number of thiocarbonyl (C=S) groups is 1. The first kappa shape index (κ1) is 22.8. The molecule has 1 saturated carbocycles. The molecule has 1 aliphatic carbocycles. The zero-order chi connectivity index (χ0) is 21.7. The maximum absolute atomic E-state index is 13.0. The van der Waals surface area contributed by atoms with Gasteiger partial charge in [0.25, 0.3) is 5.91 Å². The van der Waals surface area contributed by atoms with E-state index in [9.17, 15) is 13.2 Å². The number of carbonyl (C=O) groups is 1. The molecule has 3 N–H and O–H groups in total. The SMILES string of the molecule is COc1ccc(C(=O)NNC(=S)NC2CCCCC2C)cc1S(=O)(=O)N1CCCC1. The molecule has 166 valence electrons. The second kappa shape index (κ2) is 9.93. The summed E-state index contributed by atoms with van der Waals surface area (Å²) in [6.45, 7) is 3.14. The minimum Gasteiger partial charge on any atom is -0.495 e. The molecule has 1 aromatic carbocycles. The molecule has 1 saturated heterocycles. The minimum atomic E-state index is -3.72. The van der Waals surface area contributed by atoms with Crippen LogP contribution in [0.4, 0.5) is 0 Å². The van der Waals surface area contributed by atoms with Crippen molar-refractivity contribution in [2.24, 2.45) is 5.92 Å². The summed E-state index contributed by atoms with van der Waals surface area (Å²) in [5.41, 5.74) is 5.47. The van der Waals surface area contributed by atoms with Crippen LogP contribution in [-0.4, -0.2) is 50.0 Å². The molecule has 0 spiro atoms. The largest absolute Gasteiger partial charge is 0.495 e. The standard InChI is InChI=1S/C20H30N4O4S2/c1-14-7-3-4-8-16(14)21-20(29)23-22-19(25)15-9-10-17(28-2)18(13-15)30(26,27)24-11-5-6-12-24/h9-10,13-14,16H,3-8,11-12H2,1-2H3,(H,22,25)(H2,21,23,29). The van der Waals surface area contributed by atoms with Crippen LogP contribution in [0.15, 0.2) is 23.1 Å². The molecule has 0 radical (unpaired) electrons. The molecule has 2 fully saturated rings. The highest BCUT2D eigenvalue weighted by Gasteiger charge is 2.30. The van der Waals surface area contributed by atoms with Gasteiger partial charge in [-0.3, -0.25) is 15.6 Å². The molecule has 1 amide bonds.